The molecule has 1 aromatic carbocycles. The van der Waals surface area contributed by atoms with Crippen molar-refractivity contribution < 1.29 is 17.2 Å². The van der Waals surface area contributed by atoms with Crippen LogP contribution in [-0.2, 0) is 16.6 Å². The normalized spacial score (nSPS) is 15.2. The minimum Gasteiger partial charge on any atom is -0.348 e. The van der Waals surface area contributed by atoms with Gasteiger partial charge in [0.2, 0.25) is 10.0 Å². The lowest BCUT2D eigenvalue weighted by Gasteiger charge is -2.31. The first-order chi connectivity index (χ1) is 17.3. The molecule has 0 atom stereocenters. The highest BCUT2D eigenvalue weighted by molar-refractivity contribution is 7.89. The van der Waals surface area contributed by atoms with Crippen molar-refractivity contribution in [2.75, 3.05) is 18.0 Å². The zero-order chi connectivity index (χ0) is 25.3. The fraction of sp³-hybridized carbons (Fsp3) is 0.320. The number of hydrogen-bond acceptors (Lipinski definition) is 7. The number of anilines is 1. The Balaban J connectivity index is 1.27. The van der Waals surface area contributed by atoms with Crippen molar-refractivity contribution in [1.29, 1.82) is 0 Å². The molecule has 5 rings (SSSR count). The second kappa shape index (κ2) is 10.2. The third kappa shape index (κ3) is 5.23. The van der Waals surface area contributed by atoms with Gasteiger partial charge in [0.05, 0.1) is 15.1 Å². The van der Waals surface area contributed by atoms with Crippen LogP contribution >= 0.6 is 11.3 Å². The van der Waals surface area contributed by atoms with Crippen molar-refractivity contribution in [3.63, 3.8) is 0 Å². The van der Waals surface area contributed by atoms with Gasteiger partial charge in [-0.2, -0.15) is 0 Å². The van der Waals surface area contributed by atoms with E-state index < -0.39 is 16.4 Å². The summed E-state index contributed by atoms with van der Waals surface area (Å²) in [5.41, 5.74) is 3.16. The highest BCUT2D eigenvalue weighted by atomic mass is 32.2. The zero-order valence-corrected chi connectivity index (χ0v) is 21.2. The van der Waals surface area contributed by atoms with Crippen molar-refractivity contribution in [3.8, 4) is 0 Å². The van der Waals surface area contributed by atoms with Crippen LogP contribution in [0.15, 0.2) is 59.8 Å². The second-order valence-corrected chi connectivity index (χ2v) is 11.6. The number of fused-ring (bicyclic) bond motifs is 1. The molecule has 4 heterocycles. The lowest BCUT2D eigenvalue weighted by atomic mass is 9.91. The Morgan fingerprint density at radius 3 is 2.67 bits per heavy atom. The third-order valence-corrected chi connectivity index (χ3v) is 8.87. The van der Waals surface area contributed by atoms with Gasteiger partial charge >= 0.3 is 0 Å². The molecule has 36 heavy (non-hydrogen) atoms. The fourth-order valence-electron chi connectivity index (χ4n) is 4.45. The zero-order valence-electron chi connectivity index (χ0n) is 19.6. The largest absolute Gasteiger partial charge is 0.348 e. The van der Waals surface area contributed by atoms with E-state index in [9.17, 15) is 17.2 Å². The van der Waals surface area contributed by atoms with Crippen molar-refractivity contribution >= 4 is 36.7 Å². The summed E-state index contributed by atoms with van der Waals surface area (Å²) in [5.74, 6) is 0.428. The third-order valence-electron chi connectivity index (χ3n) is 6.40. The topological polar surface area (TPSA) is 88.1 Å². The number of rotatable bonds is 7. The summed E-state index contributed by atoms with van der Waals surface area (Å²) in [5, 5.41) is 0.875. The number of halogens is 2. The van der Waals surface area contributed by atoms with E-state index in [1.165, 1.54) is 47.0 Å². The van der Waals surface area contributed by atoms with Crippen LogP contribution in [0.2, 0.25) is 0 Å². The summed E-state index contributed by atoms with van der Waals surface area (Å²) < 4.78 is 54.7. The maximum absolute atomic E-state index is 12.9. The van der Waals surface area contributed by atoms with Gasteiger partial charge in [0.25, 0.3) is 6.43 Å². The number of aryl methyl sites for hydroxylation is 1. The fourth-order valence-corrected chi connectivity index (χ4v) is 6.62. The Bertz CT molecular complexity index is 1480. The van der Waals surface area contributed by atoms with Gasteiger partial charge < -0.3 is 4.90 Å². The Kier molecular flexibility index (Phi) is 6.96. The molecule has 3 aromatic heterocycles. The van der Waals surface area contributed by atoms with Gasteiger partial charge in [0.15, 0.2) is 5.13 Å². The van der Waals surface area contributed by atoms with Gasteiger partial charge in [-0.3, -0.25) is 9.97 Å². The van der Waals surface area contributed by atoms with E-state index in [0.717, 1.165) is 41.3 Å². The minimum absolute atomic E-state index is 0.109. The lowest BCUT2D eigenvalue weighted by molar-refractivity contribution is 0.146. The summed E-state index contributed by atoms with van der Waals surface area (Å²) in [6, 6.07) is 11.6. The highest BCUT2D eigenvalue weighted by Crippen LogP contribution is 2.35. The average molecular weight is 530 g/mol. The lowest BCUT2D eigenvalue weighted by Crippen LogP contribution is -2.33. The van der Waals surface area contributed by atoms with Crippen molar-refractivity contribution in [2.24, 2.45) is 0 Å². The molecule has 1 N–H and O–H groups in total. The van der Waals surface area contributed by atoms with Crippen LogP contribution in [0.3, 0.4) is 0 Å². The van der Waals surface area contributed by atoms with E-state index in [-0.39, 0.29) is 17.1 Å². The van der Waals surface area contributed by atoms with Crippen LogP contribution in [0, 0.1) is 6.92 Å². The number of sulfonamides is 1. The van der Waals surface area contributed by atoms with Gasteiger partial charge in [-0.1, -0.05) is 17.4 Å². The van der Waals surface area contributed by atoms with E-state index in [1.54, 1.807) is 12.1 Å². The molecular weight excluding hydrogens is 504 g/mol. The van der Waals surface area contributed by atoms with Crippen molar-refractivity contribution in [1.82, 2.24) is 19.7 Å². The van der Waals surface area contributed by atoms with Crippen LogP contribution in [0.5, 0.6) is 0 Å². The number of benzene rings is 1. The molecule has 0 amide bonds. The molecule has 0 radical (unpaired) electrons. The molecule has 0 spiro atoms. The van der Waals surface area contributed by atoms with Crippen LogP contribution in [-0.4, -0.2) is 36.5 Å². The van der Waals surface area contributed by atoms with Crippen molar-refractivity contribution in [3.05, 3.63) is 77.4 Å². The first-order valence-corrected chi connectivity index (χ1v) is 13.9. The molecule has 188 valence electrons. The van der Waals surface area contributed by atoms with Crippen LogP contribution in [0.1, 0.15) is 47.7 Å². The van der Waals surface area contributed by atoms with Gasteiger partial charge in [-0.05, 0) is 67.3 Å². The molecule has 0 aliphatic carbocycles. The molecule has 11 heteroatoms. The quantitative estimate of drug-likeness (QED) is 0.354. The Morgan fingerprint density at radius 2 is 1.92 bits per heavy atom. The van der Waals surface area contributed by atoms with Crippen LogP contribution in [0.25, 0.3) is 10.2 Å². The number of alkyl halides is 2. The molecule has 4 aromatic rings. The monoisotopic (exact) mass is 529 g/mol. The van der Waals surface area contributed by atoms with Crippen molar-refractivity contribution in [2.45, 2.75) is 43.5 Å². The first-order valence-electron chi connectivity index (χ1n) is 11.6. The maximum atomic E-state index is 12.9. The number of thiazole rings is 1. The molecule has 1 aliphatic heterocycles. The molecule has 1 aliphatic rings. The molecule has 1 saturated heterocycles. The smallest absolute Gasteiger partial charge is 0.280 e. The summed E-state index contributed by atoms with van der Waals surface area (Å²) >= 11 is 1.47. The summed E-state index contributed by atoms with van der Waals surface area (Å²) in [7, 11) is -3.84. The number of hydrogen-bond donors (Lipinski definition) is 1. The number of pyridine rings is 2. The molecule has 0 saturated carbocycles. The SMILES string of the molecule is Cc1cccnc1C1CCN(c2nc3ccc(S(=O)(=O)NCc4ccnc(C(F)F)c4)cc3s2)CC1. The summed E-state index contributed by atoms with van der Waals surface area (Å²) in [4.78, 5) is 15.3. The van der Waals surface area contributed by atoms with E-state index in [2.05, 4.69) is 32.6 Å². The molecule has 0 bridgehead atoms. The molecule has 1 fully saturated rings. The minimum atomic E-state index is -3.84. The first kappa shape index (κ1) is 24.7. The predicted molar refractivity (Wildman–Crippen MR) is 136 cm³/mol. The molecule has 7 nitrogen and oxygen atoms in total. The van der Waals surface area contributed by atoms with E-state index in [0.29, 0.717) is 11.5 Å². The highest BCUT2D eigenvalue weighted by Gasteiger charge is 2.25. The van der Waals surface area contributed by atoms with E-state index in [1.807, 2.05) is 12.3 Å². The number of nitrogens with one attached hydrogen (secondary N) is 1. The maximum Gasteiger partial charge on any atom is 0.280 e. The predicted octanol–water partition coefficient (Wildman–Crippen LogP) is 5.19. The molecular formula is C25H25F2N5O2S2. The number of nitrogens with zero attached hydrogens (tertiary/aromatic N) is 4. The number of aromatic nitrogens is 3. The standard InChI is InChI=1S/C25H25F2N5O2S2/c1-16-3-2-9-29-23(16)18-7-11-32(12-8-18)25-31-20-5-4-19(14-22(20)35-25)36(33,34)30-15-17-6-10-28-21(13-17)24(26)27/h2-6,9-10,13-14,18,24,30H,7-8,11-12,15H2,1H3. The van der Waals surface area contributed by atoms with E-state index in [4.69, 9.17) is 4.98 Å². The second-order valence-electron chi connectivity index (χ2n) is 8.81. The Morgan fingerprint density at radius 1 is 1.11 bits per heavy atom. The van der Waals surface area contributed by atoms with Gasteiger partial charge in [0, 0.05) is 43.6 Å². The van der Waals surface area contributed by atoms with Gasteiger partial charge in [0.1, 0.15) is 5.69 Å². The average Bonchev–Trinajstić information content (AvgIpc) is 3.32. The summed E-state index contributed by atoms with van der Waals surface area (Å²) in [6.45, 7) is 3.71. The van der Waals surface area contributed by atoms with Gasteiger partial charge in [-0.15, -0.1) is 0 Å². The van der Waals surface area contributed by atoms with Crippen LogP contribution in [0.4, 0.5) is 13.9 Å². The molecule has 0 unspecified atom stereocenters. The van der Waals surface area contributed by atoms with Gasteiger partial charge in [-0.25, -0.2) is 26.9 Å². The Hall–Kier alpha value is -3.02. The Labute approximate surface area is 212 Å². The van der Waals surface area contributed by atoms with Crippen LogP contribution < -0.4 is 9.62 Å². The number of piperidine rings is 1. The summed E-state index contributed by atoms with van der Waals surface area (Å²) in [6.07, 6.45) is 2.35. The van der Waals surface area contributed by atoms with E-state index >= 15 is 0 Å².